The lowest BCUT2D eigenvalue weighted by Crippen LogP contribution is -2.12. The van der Waals surface area contributed by atoms with Crippen LogP contribution >= 0.6 is 15.9 Å². The standard InChI is InChI=1S/C18H18BrNO3/c1-3-10-23-17-9-8-13(11-16(17)19)18(21)20-14-6-5-7-15(12-14)22-4-2/h3,5-9,11-12H,1,4,10H2,2H3,(H,20,21). The zero-order valence-electron chi connectivity index (χ0n) is 12.8. The number of amides is 1. The van der Waals surface area contributed by atoms with Crippen molar-refractivity contribution in [3.63, 3.8) is 0 Å². The van der Waals surface area contributed by atoms with E-state index in [0.717, 1.165) is 10.2 Å². The number of hydrogen-bond acceptors (Lipinski definition) is 3. The van der Waals surface area contributed by atoms with Crippen LogP contribution in [-0.2, 0) is 0 Å². The first-order valence-electron chi connectivity index (χ1n) is 7.21. The molecule has 2 aromatic carbocycles. The fraction of sp³-hybridized carbons (Fsp3) is 0.167. The van der Waals surface area contributed by atoms with Crippen LogP contribution in [0.25, 0.3) is 0 Å². The molecule has 2 rings (SSSR count). The van der Waals surface area contributed by atoms with Gasteiger partial charge < -0.3 is 14.8 Å². The molecule has 0 aliphatic rings. The summed E-state index contributed by atoms with van der Waals surface area (Å²) >= 11 is 3.40. The Morgan fingerprint density at radius 3 is 2.78 bits per heavy atom. The maximum atomic E-state index is 12.3. The molecule has 0 saturated heterocycles. The van der Waals surface area contributed by atoms with Gasteiger partial charge in [0.2, 0.25) is 0 Å². The lowest BCUT2D eigenvalue weighted by atomic mass is 10.2. The molecule has 0 unspecified atom stereocenters. The van der Waals surface area contributed by atoms with Gasteiger partial charge in [-0.3, -0.25) is 4.79 Å². The van der Waals surface area contributed by atoms with Crippen LogP contribution in [0.2, 0.25) is 0 Å². The molecule has 0 saturated carbocycles. The first-order chi connectivity index (χ1) is 11.1. The summed E-state index contributed by atoms with van der Waals surface area (Å²) in [5.41, 5.74) is 1.22. The summed E-state index contributed by atoms with van der Waals surface area (Å²) in [6.45, 7) is 6.51. The highest BCUT2D eigenvalue weighted by molar-refractivity contribution is 9.10. The number of hydrogen-bond donors (Lipinski definition) is 1. The molecule has 1 N–H and O–H groups in total. The van der Waals surface area contributed by atoms with E-state index in [1.807, 2.05) is 25.1 Å². The third-order valence-electron chi connectivity index (χ3n) is 2.95. The number of carbonyl (C=O) groups is 1. The van der Waals surface area contributed by atoms with Crippen LogP contribution in [0.5, 0.6) is 11.5 Å². The van der Waals surface area contributed by atoms with Gasteiger partial charge in [0.25, 0.3) is 5.91 Å². The SMILES string of the molecule is C=CCOc1ccc(C(=O)Nc2cccc(OCC)c2)cc1Br. The van der Waals surface area contributed by atoms with Gasteiger partial charge in [0.1, 0.15) is 18.1 Å². The van der Waals surface area contributed by atoms with Gasteiger partial charge >= 0.3 is 0 Å². The predicted octanol–water partition coefficient (Wildman–Crippen LogP) is 4.66. The molecule has 0 aromatic heterocycles. The van der Waals surface area contributed by atoms with Gasteiger partial charge in [-0.15, -0.1) is 0 Å². The van der Waals surface area contributed by atoms with E-state index in [9.17, 15) is 4.79 Å². The summed E-state index contributed by atoms with van der Waals surface area (Å²) in [7, 11) is 0. The molecule has 0 spiro atoms. The van der Waals surface area contributed by atoms with Crippen molar-refractivity contribution in [1.29, 1.82) is 0 Å². The third kappa shape index (κ3) is 4.86. The normalized spacial score (nSPS) is 10.0. The average Bonchev–Trinajstić information content (AvgIpc) is 2.54. The van der Waals surface area contributed by atoms with Gasteiger partial charge in [-0.2, -0.15) is 0 Å². The Morgan fingerprint density at radius 1 is 1.26 bits per heavy atom. The van der Waals surface area contributed by atoms with Crippen LogP contribution < -0.4 is 14.8 Å². The Hall–Kier alpha value is -2.27. The topological polar surface area (TPSA) is 47.6 Å². The van der Waals surface area contributed by atoms with Crippen molar-refractivity contribution in [1.82, 2.24) is 0 Å². The van der Waals surface area contributed by atoms with Gasteiger partial charge in [-0.25, -0.2) is 0 Å². The zero-order chi connectivity index (χ0) is 16.7. The molecule has 0 aliphatic carbocycles. The van der Waals surface area contributed by atoms with Crippen molar-refractivity contribution >= 4 is 27.5 Å². The average molecular weight is 376 g/mol. The molecule has 2 aromatic rings. The van der Waals surface area contributed by atoms with E-state index >= 15 is 0 Å². The lowest BCUT2D eigenvalue weighted by Gasteiger charge is -2.10. The number of halogens is 1. The van der Waals surface area contributed by atoms with Crippen LogP contribution in [0.1, 0.15) is 17.3 Å². The number of carbonyl (C=O) groups excluding carboxylic acids is 1. The molecule has 23 heavy (non-hydrogen) atoms. The number of anilines is 1. The fourth-order valence-corrected chi connectivity index (χ4v) is 2.43. The highest BCUT2D eigenvalue weighted by atomic mass is 79.9. The predicted molar refractivity (Wildman–Crippen MR) is 95.4 cm³/mol. The molecule has 0 radical (unpaired) electrons. The number of ether oxygens (including phenoxy) is 2. The minimum Gasteiger partial charge on any atom is -0.494 e. The Labute approximate surface area is 144 Å². The van der Waals surface area contributed by atoms with Gasteiger partial charge in [0.05, 0.1) is 11.1 Å². The van der Waals surface area contributed by atoms with Crippen molar-refractivity contribution in [2.24, 2.45) is 0 Å². The number of nitrogens with one attached hydrogen (secondary N) is 1. The van der Waals surface area contributed by atoms with Crippen molar-refractivity contribution < 1.29 is 14.3 Å². The molecule has 1 amide bonds. The van der Waals surface area contributed by atoms with E-state index in [2.05, 4.69) is 27.8 Å². The van der Waals surface area contributed by atoms with Gasteiger partial charge in [-0.05, 0) is 53.2 Å². The highest BCUT2D eigenvalue weighted by Crippen LogP contribution is 2.26. The van der Waals surface area contributed by atoms with Gasteiger partial charge in [-0.1, -0.05) is 18.7 Å². The molecule has 0 atom stereocenters. The Kier molecular flexibility index (Phi) is 6.23. The van der Waals surface area contributed by atoms with Gasteiger partial charge in [0, 0.05) is 17.3 Å². The highest BCUT2D eigenvalue weighted by Gasteiger charge is 2.10. The summed E-state index contributed by atoms with van der Waals surface area (Å²) in [4.78, 5) is 12.3. The monoisotopic (exact) mass is 375 g/mol. The first-order valence-corrected chi connectivity index (χ1v) is 8.00. The van der Waals surface area contributed by atoms with Crippen LogP contribution in [0.15, 0.2) is 59.6 Å². The van der Waals surface area contributed by atoms with E-state index in [1.165, 1.54) is 0 Å². The first kappa shape index (κ1) is 17.1. The van der Waals surface area contributed by atoms with E-state index in [-0.39, 0.29) is 5.91 Å². The minimum atomic E-state index is -0.199. The van der Waals surface area contributed by atoms with Crippen LogP contribution in [-0.4, -0.2) is 19.1 Å². The molecule has 0 fully saturated rings. The quantitative estimate of drug-likeness (QED) is 0.715. The summed E-state index contributed by atoms with van der Waals surface area (Å²) < 4.78 is 11.6. The molecule has 4 nitrogen and oxygen atoms in total. The van der Waals surface area contributed by atoms with Crippen LogP contribution in [0.4, 0.5) is 5.69 Å². The van der Waals surface area contributed by atoms with Crippen molar-refractivity contribution in [3.8, 4) is 11.5 Å². The second-order valence-electron chi connectivity index (χ2n) is 4.66. The fourth-order valence-electron chi connectivity index (χ4n) is 1.94. The molecule has 0 heterocycles. The number of benzene rings is 2. The third-order valence-corrected chi connectivity index (χ3v) is 3.57. The summed E-state index contributed by atoms with van der Waals surface area (Å²) in [5.74, 6) is 1.19. The summed E-state index contributed by atoms with van der Waals surface area (Å²) in [6, 6.07) is 12.5. The van der Waals surface area contributed by atoms with Crippen molar-refractivity contribution in [3.05, 3.63) is 65.2 Å². The minimum absolute atomic E-state index is 0.199. The van der Waals surface area contributed by atoms with E-state index < -0.39 is 0 Å². The smallest absolute Gasteiger partial charge is 0.255 e. The maximum Gasteiger partial charge on any atom is 0.255 e. The second kappa shape index (κ2) is 8.39. The second-order valence-corrected chi connectivity index (χ2v) is 5.51. The molecule has 120 valence electrons. The van der Waals surface area contributed by atoms with Crippen LogP contribution in [0, 0.1) is 0 Å². The molecule has 5 heteroatoms. The van der Waals surface area contributed by atoms with Crippen molar-refractivity contribution in [2.75, 3.05) is 18.5 Å². The summed E-state index contributed by atoms with van der Waals surface area (Å²) in [6.07, 6.45) is 1.67. The summed E-state index contributed by atoms with van der Waals surface area (Å²) in [5, 5.41) is 2.85. The molecular formula is C18H18BrNO3. The number of rotatable bonds is 7. The lowest BCUT2D eigenvalue weighted by molar-refractivity contribution is 0.102. The van der Waals surface area contributed by atoms with E-state index in [1.54, 1.807) is 30.3 Å². The van der Waals surface area contributed by atoms with E-state index in [4.69, 9.17) is 9.47 Å². The largest absolute Gasteiger partial charge is 0.494 e. The maximum absolute atomic E-state index is 12.3. The van der Waals surface area contributed by atoms with E-state index in [0.29, 0.717) is 30.2 Å². The molecule has 0 bridgehead atoms. The Balaban J connectivity index is 2.10. The van der Waals surface area contributed by atoms with Gasteiger partial charge in [0.15, 0.2) is 0 Å². The Bertz CT molecular complexity index is 700. The molecule has 0 aliphatic heterocycles. The zero-order valence-corrected chi connectivity index (χ0v) is 14.4. The van der Waals surface area contributed by atoms with Crippen LogP contribution in [0.3, 0.4) is 0 Å². The van der Waals surface area contributed by atoms with Crippen molar-refractivity contribution in [2.45, 2.75) is 6.92 Å². The Morgan fingerprint density at radius 2 is 2.09 bits per heavy atom. The molecular weight excluding hydrogens is 358 g/mol.